The number of aryl methyl sites for hydroxylation is 1. The fraction of sp³-hybridized carbons (Fsp3) is 0.0625. The molecule has 0 spiro atoms. The number of imide groups is 1. The summed E-state index contributed by atoms with van der Waals surface area (Å²) in [6, 6.07) is 11.7. The molecule has 1 heterocycles. The maximum atomic E-state index is 12.3. The Labute approximate surface area is 115 Å². The standard InChI is InChI=1S/C16H11NO3/c1-10-2-5-12(6-3-10)17-15(19)13-7-4-11(9-18)8-14(13)16(17)20/h2-9H,1H3. The van der Waals surface area contributed by atoms with Crippen LogP contribution in [0.3, 0.4) is 0 Å². The van der Waals surface area contributed by atoms with E-state index >= 15 is 0 Å². The van der Waals surface area contributed by atoms with Crippen LogP contribution < -0.4 is 4.90 Å². The Morgan fingerprint density at radius 3 is 2.20 bits per heavy atom. The monoisotopic (exact) mass is 265 g/mol. The number of fused-ring (bicyclic) bond motifs is 1. The van der Waals surface area contributed by atoms with Crippen molar-refractivity contribution in [3.63, 3.8) is 0 Å². The van der Waals surface area contributed by atoms with Crippen molar-refractivity contribution in [1.29, 1.82) is 0 Å². The summed E-state index contributed by atoms with van der Waals surface area (Å²) < 4.78 is 0. The molecule has 3 rings (SSSR count). The van der Waals surface area contributed by atoms with Crippen molar-refractivity contribution in [2.75, 3.05) is 4.90 Å². The highest BCUT2D eigenvalue weighted by molar-refractivity contribution is 6.34. The van der Waals surface area contributed by atoms with Gasteiger partial charge in [0, 0.05) is 5.56 Å². The largest absolute Gasteiger partial charge is 0.298 e. The van der Waals surface area contributed by atoms with Crippen LogP contribution >= 0.6 is 0 Å². The molecule has 0 atom stereocenters. The minimum atomic E-state index is -0.391. The van der Waals surface area contributed by atoms with Crippen LogP contribution in [0.15, 0.2) is 42.5 Å². The zero-order valence-corrected chi connectivity index (χ0v) is 10.8. The molecule has 4 nitrogen and oxygen atoms in total. The number of hydrogen-bond donors (Lipinski definition) is 0. The van der Waals surface area contributed by atoms with Crippen molar-refractivity contribution in [3.05, 3.63) is 64.7 Å². The normalized spacial score (nSPS) is 13.6. The van der Waals surface area contributed by atoms with Crippen molar-refractivity contribution in [1.82, 2.24) is 0 Å². The third kappa shape index (κ3) is 1.73. The lowest BCUT2D eigenvalue weighted by molar-refractivity contribution is 0.0926. The number of rotatable bonds is 2. The lowest BCUT2D eigenvalue weighted by Crippen LogP contribution is -2.29. The molecule has 0 aromatic heterocycles. The van der Waals surface area contributed by atoms with Crippen molar-refractivity contribution < 1.29 is 14.4 Å². The first kappa shape index (κ1) is 12.3. The molecule has 0 aliphatic carbocycles. The summed E-state index contributed by atoms with van der Waals surface area (Å²) >= 11 is 0. The van der Waals surface area contributed by atoms with Gasteiger partial charge in [-0.25, -0.2) is 4.90 Å². The number of anilines is 1. The summed E-state index contributed by atoms with van der Waals surface area (Å²) in [5, 5.41) is 0. The van der Waals surface area contributed by atoms with Gasteiger partial charge in [-0.15, -0.1) is 0 Å². The van der Waals surface area contributed by atoms with Gasteiger partial charge in [-0.3, -0.25) is 14.4 Å². The highest BCUT2D eigenvalue weighted by Crippen LogP contribution is 2.28. The molecule has 2 amide bonds. The van der Waals surface area contributed by atoms with Gasteiger partial charge in [0.1, 0.15) is 6.29 Å². The average molecular weight is 265 g/mol. The average Bonchev–Trinajstić information content (AvgIpc) is 2.72. The molecule has 0 saturated heterocycles. The molecule has 1 aliphatic heterocycles. The smallest absolute Gasteiger partial charge is 0.266 e. The first-order valence-corrected chi connectivity index (χ1v) is 6.16. The number of benzene rings is 2. The predicted octanol–water partition coefficient (Wildman–Crippen LogP) is 2.61. The fourth-order valence-corrected chi connectivity index (χ4v) is 2.26. The van der Waals surface area contributed by atoms with Crippen molar-refractivity contribution in [2.24, 2.45) is 0 Å². The van der Waals surface area contributed by atoms with Crippen LogP contribution in [0, 0.1) is 6.92 Å². The highest BCUT2D eigenvalue weighted by atomic mass is 16.2. The van der Waals surface area contributed by atoms with Crippen molar-refractivity contribution in [3.8, 4) is 0 Å². The number of hydrogen-bond acceptors (Lipinski definition) is 3. The summed E-state index contributed by atoms with van der Waals surface area (Å²) in [5.74, 6) is -0.746. The Hall–Kier alpha value is -2.75. The van der Waals surface area contributed by atoms with Crippen LogP contribution in [0.2, 0.25) is 0 Å². The summed E-state index contributed by atoms with van der Waals surface area (Å²) in [5.41, 5.74) is 2.58. The van der Waals surface area contributed by atoms with E-state index in [1.54, 1.807) is 12.1 Å². The Kier molecular flexibility index (Phi) is 2.71. The van der Waals surface area contributed by atoms with E-state index in [2.05, 4.69) is 0 Å². The molecular weight excluding hydrogens is 254 g/mol. The predicted molar refractivity (Wildman–Crippen MR) is 74.1 cm³/mol. The number of carbonyl (C=O) groups excluding carboxylic acids is 3. The number of nitrogens with zero attached hydrogens (tertiary/aromatic N) is 1. The molecule has 0 unspecified atom stereocenters. The van der Waals surface area contributed by atoms with Gasteiger partial charge in [0.25, 0.3) is 11.8 Å². The molecule has 20 heavy (non-hydrogen) atoms. The Balaban J connectivity index is 2.09. The second-order valence-electron chi connectivity index (χ2n) is 4.70. The second kappa shape index (κ2) is 4.42. The van der Waals surface area contributed by atoms with E-state index in [0.29, 0.717) is 23.1 Å². The van der Waals surface area contributed by atoms with E-state index in [1.165, 1.54) is 18.2 Å². The Morgan fingerprint density at radius 1 is 0.900 bits per heavy atom. The van der Waals surface area contributed by atoms with Gasteiger partial charge in [-0.2, -0.15) is 0 Å². The molecule has 0 fully saturated rings. The SMILES string of the molecule is Cc1ccc(N2C(=O)c3ccc(C=O)cc3C2=O)cc1. The molecule has 2 aromatic rings. The van der Waals surface area contributed by atoms with E-state index in [4.69, 9.17) is 0 Å². The fourth-order valence-electron chi connectivity index (χ4n) is 2.26. The van der Waals surface area contributed by atoms with Crippen LogP contribution in [0.5, 0.6) is 0 Å². The van der Waals surface area contributed by atoms with E-state index in [1.807, 2.05) is 19.1 Å². The maximum absolute atomic E-state index is 12.3. The van der Waals surface area contributed by atoms with Gasteiger partial charge in [0.05, 0.1) is 16.8 Å². The van der Waals surface area contributed by atoms with Gasteiger partial charge in [0.2, 0.25) is 0 Å². The van der Waals surface area contributed by atoms with Crippen LogP contribution in [-0.2, 0) is 0 Å². The van der Waals surface area contributed by atoms with Crippen LogP contribution in [0.1, 0.15) is 36.6 Å². The zero-order chi connectivity index (χ0) is 14.3. The number of aldehydes is 1. The minimum absolute atomic E-state index is 0.278. The van der Waals surface area contributed by atoms with E-state index in [0.717, 1.165) is 10.5 Å². The summed E-state index contributed by atoms with van der Waals surface area (Å²) in [4.78, 5) is 36.6. The first-order valence-electron chi connectivity index (χ1n) is 6.16. The molecule has 2 aromatic carbocycles. The van der Waals surface area contributed by atoms with Gasteiger partial charge < -0.3 is 0 Å². The molecule has 1 aliphatic rings. The first-order chi connectivity index (χ1) is 9.61. The van der Waals surface area contributed by atoms with Crippen molar-refractivity contribution in [2.45, 2.75) is 6.92 Å². The molecule has 98 valence electrons. The molecule has 0 radical (unpaired) electrons. The van der Waals surface area contributed by atoms with Gasteiger partial charge in [-0.1, -0.05) is 23.8 Å². The summed E-state index contributed by atoms with van der Waals surface area (Å²) in [6.45, 7) is 1.93. The third-order valence-corrected chi connectivity index (χ3v) is 3.34. The maximum Gasteiger partial charge on any atom is 0.266 e. The minimum Gasteiger partial charge on any atom is -0.298 e. The lowest BCUT2D eigenvalue weighted by atomic mass is 10.1. The quantitative estimate of drug-likeness (QED) is 0.619. The molecule has 4 heteroatoms. The van der Waals surface area contributed by atoms with Crippen LogP contribution in [0.4, 0.5) is 5.69 Å². The summed E-state index contributed by atoms with van der Waals surface area (Å²) in [6.07, 6.45) is 0.659. The third-order valence-electron chi connectivity index (χ3n) is 3.34. The number of amides is 2. The molecule has 0 bridgehead atoms. The lowest BCUT2D eigenvalue weighted by Gasteiger charge is -2.13. The summed E-state index contributed by atoms with van der Waals surface area (Å²) in [7, 11) is 0. The van der Waals surface area contributed by atoms with Gasteiger partial charge in [-0.05, 0) is 31.2 Å². The number of carbonyl (C=O) groups is 3. The second-order valence-corrected chi connectivity index (χ2v) is 4.70. The molecule has 0 N–H and O–H groups in total. The van der Waals surface area contributed by atoms with Gasteiger partial charge >= 0.3 is 0 Å². The van der Waals surface area contributed by atoms with E-state index in [-0.39, 0.29) is 11.5 Å². The Bertz CT molecular complexity index is 732. The van der Waals surface area contributed by atoms with Gasteiger partial charge in [0.15, 0.2) is 0 Å². The molecular formula is C16H11NO3. The van der Waals surface area contributed by atoms with Crippen molar-refractivity contribution >= 4 is 23.8 Å². The van der Waals surface area contributed by atoms with Crippen LogP contribution in [0.25, 0.3) is 0 Å². The van der Waals surface area contributed by atoms with E-state index in [9.17, 15) is 14.4 Å². The molecule has 0 saturated carbocycles. The Morgan fingerprint density at radius 2 is 1.55 bits per heavy atom. The zero-order valence-electron chi connectivity index (χ0n) is 10.8. The highest BCUT2D eigenvalue weighted by Gasteiger charge is 2.36. The van der Waals surface area contributed by atoms with Crippen LogP contribution in [-0.4, -0.2) is 18.1 Å². The van der Waals surface area contributed by atoms with E-state index < -0.39 is 5.91 Å². The topological polar surface area (TPSA) is 54.5 Å².